The van der Waals surface area contributed by atoms with Crippen molar-refractivity contribution in [1.29, 1.82) is 0 Å². The molecule has 19 heavy (non-hydrogen) atoms. The largest absolute Gasteiger partial charge is 0.369 e. The van der Waals surface area contributed by atoms with Crippen LogP contribution in [0.25, 0.3) is 0 Å². The van der Waals surface area contributed by atoms with E-state index in [1.54, 1.807) is 0 Å². The average molecular weight is 275 g/mol. The van der Waals surface area contributed by atoms with Crippen LogP contribution in [0, 0.1) is 13.8 Å². The number of halogens is 1. The fraction of sp³-hybridized carbons (Fsp3) is 0.312. The number of anilines is 1. The van der Waals surface area contributed by atoms with Crippen LogP contribution in [0.1, 0.15) is 22.5 Å². The second kappa shape index (κ2) is 6.07. The van der Waals surface area contributed by atoms with E-state index < -0.39 is 0 Å². The van der Waals surface area contributed by atoms with Crippen LogP contribution in [-0.2, 0) is 12.4 Å². The van der Waals surface area contributed by atoms with Crippen molar-refractivity contribution in [2.45, 2.75) is 26.3 Å². The highest BCUT2D eigenvalue weighted by molar-refractivity contribution is 6.17. The van der Waals surface area contributed by atoms with Gasteiger partial charge in [0.15, 0.2) is 0 Å². The molecule has 0 radical (unpaired) electrons. The van der Waals surface area contributed by atoms with Gasteiger partial charge in [0.1, 0.15) is 0 Å². The quantitative estimate of drug-likeness (QED) is 0.781. The van der Waals surface area contributed by atoms with Gasteiger partial charge in [-0.1, -0.05) is 12.1 Å². The van der Waals surface area contributed by atoms with Crippen LogP contribution < -0.4 is 4.90 Å². The Hall–Kier alpha value is -1.54. The molecule has 0 aliphatic rings. The zero-order chi connectivity index (χ0) is 13.8. The molecule has 2 nitrogen and oxygen atoms in total. The summed E-state index contributed by atoms with van der Waals surface area (Å²) in [5.41, 5.74) is 5.75. The number of rotatable bonds is 4. The minimum Gasteiger partial charge on any atom is -0.369 e. The standard InChI is InChI=1S/C16H19ClN2/c1-12-9-16(8-7-14(12)10-17)19(3)11-15-6-4-5-13(2)18-15/h4-9H,10-11H2,1-3H3. The minimum absolute atomic E-state index is 0.565. The van der Waals surface area contributed by atoms with Crippen LogP contribution in [0.5, 0.6) is 0 Å². The zero-order valence-corrected chi connectivity index (χ0v) is 12.4. The van der Waals surface area contributed by atoms with Gasteiger partial charge in [-0.2, -0.15) is 0 Å². The molecule has 1 aromatic heterocycles. The highest BCUT2D eigenvalue weighted by Gasteiger charge is 2.05. The second-order valence-corrected chi connectivity index (χ2v) is 5.14. The molecule has 2 aromatic rings. The normalized spacial score (nSPS) is 10.5. The molecule has 100 valence electrons. The van der Waals surface area contributed by atoms with Crippen LogP contribution in [0.2, 0.25) is 0 Å². The minimum atomic E-state index is 0.565. The van der Waals surface area contributed by atoms with Gasteiger partial charge in [0, 0.05) is 24.3 Å². The van der Waals surface area contributed by atoms with Gasteiger partial charge in [0.05, 0.1) is 12.2 Å². The van der Waals surface area contributed by atoms with E-state index in [-0.39, 0.29) is 0 Å². The van der Waals surface area contributed by atoms with E-state index in [9.17, 15) is 0 Å². The van der Waals surface area contributed by atoms with E-state index in [1.165, 1.54) is 16.8 Å². The third kappa shape index (κ3) is 3.48. The molecule has 3 heteroatoms. The monoisotopic (exact) mass is 274 g/mol. The van der Waals surface area contributed by atoms with Gasteiger partial charge in [0.2, 0.25) is 0 Å². The fourth-order valence-electron chi connectivity index (χ4n) is 2.09. The summed E-state index contributed by atoms with van der Waals surface area (Å²) in [6.45, 7) is 4.92. The molecule has 0 aliphatic carbocycles. The van der Waals surface area contributed by atoms with Crippen molar-refractivity contribution in [2.24, 2.45) is 0 Å². The van der Waals surface area contributed by atoms with Crippen LogP contribution in [-0.4, -0.2) is 12.0 Å². The summed E-state index contributed by atoms with van der Waals surface area (Å²) in [6.07, 6.45) is 0. The third-order valence-electron chi connectivity index (χ3n) is 3.26. The predicted molar refractivity (Wildman–Crippen MR) is 81.8 cm³/mol. The average Bonchev–Trinajstić information content (AvgIpc) is 2.38. The molecule has 1 heterocycles. The summed E-state index contributed by atoms with van der Waals surface area (Å²) in [7, 11) is 2.08. The Kier molecular flexibility index (Phi) is 4.43. The SMILES string of the molecule is Cc1cccc(CN(C)c2ccc(CCl)c(C)c2)n1. The lowest BCUT2D eigenvalue weighted by atomic mass is 10.1. The summed E-state index contributed by atoms with van der Waals surface area (Å²) in [4.78, 5) is 6.73. The summed E-state index contributed by atoms with van der Waals surface area (Å²) in [6, 6.07) is 12.5. The molecule has 0 saturated carbocycles. The first-order valence-corrected chi connectivity index (χ1v) is 6.93. The Bertz CT molecular complexity index is 566. The van der Waals surface area contributed by atoms with Gasteiger partial charge in [-0.3, -0.25) is 4.98 Å². The van der Waals surface area contributed by atoms with Gasteiger partial charge in [-0.05, 0) is 49.2 Å². The van der Waals surface area contributed by atoms with E-state index in [4.69, 9.17) is 11.6 Å². The van der Waals surface area contributed by atoms with Crippen molar-refractivity contribution in [2.75, 3.05) is 11.9 Å². The molecule has 0 saturated heterocycles. The van der Waals surface area contributed by atoms with E-state index in [0.717, 1.165) is 17.9 Å². The topological polar surface area (TPSA) is 16.1 Å². The molecule has 0 fully saturated rings. The number of benzene rings is 1. The Morgan fingerprint density at radius 1 is 1.16 bits per heavy atom. The second-order valence-electron chi connectivity index (χ2n) is 4.87. The smallest absolute Gasteiger partial charge is 0.0600 e. The number of aromatic nitrogens is 1. The van der Waals surface area contributed by atoms with Crippen molar-refractivity contribution < 1.29 is 0 Å². The Morgan fingerprint density at radius 3 is 2.58 bits per heavy atom. The van der Waals surface area contributed by atoms with Gasteiger partial charge in [-0.25, -0.2) is 0 Å². The first-order valence-electron chi connectivity index (χ1n) is 6.39. The van der Waals surface area contributed by atoms with Crippen molar-refractivity contribution in [3.8, 4) is 0 Å². The molecule has 0 amide bonds. The molecule has 0 unspecified atom stereocenters. The highest BCUT2D eigenvalue weighted by Crippen LogP contribution is 2.20. The lowest BCUT2D eigenvalue weighted by molar-refractivity contribution is 0.876. The number of nitrogens with zero attached hydrogens (tertiary/aromatic N) is 2. The zero-order valence-electron chi connectivity index (χ0n) is 11.7. The molecular weight excluding hydrogens is 256 g/mol. The summed E-state index contributed by atoms with van der Waals surface area (Å²) < 4.78 is 0. The number of alkyl halides is 1. The van der Waals surface area contributed by atoms with E-state index in [0.29, 0.717) is 5.88 Å². The first-order chi connectivity index (χ1) is 9.10. The van der Waals surface area contributed by atoms with Gasteiger partial charge < -0.3 is 4.90 Å². The van der Waals surface area contributed by atoms with Crippen LogP contribution in [0.3, 0.4) is 0 Å². The van der Waals surface area contributed by atoms with Crippen molar-refractivity contribution in [3.05, 3.63) is 58.9 Å². The maximum absolute atomic E-state index is 5.89. The number of aryl methyl sites for hydroxylation is 2. The molecule has 0 spiro atoms. The lowest BCUT2D eigenvalue weighted by Crippen LogP contribution is -2.17. The third-order valence-corrected chi connectivity index (χ3v) is 3.54. The van der Waals surface area contributed by atoms with Crippen molar-refractivity contribution in [3.63, 3.8) is 0 Å². The summed E-state index contributed by atoms with van der Waals surface area (Å²) in [5.74, 6) is 0.565. The van der Waals surface area contributed by atoms with Crippen LogP contribution in [0.15, 0.2) is 36.4 Å². The maximum atomic E-state index is 5.89. The van der Waals surface area contributed by atoms with E-state index in [2.05, 4.69) is 48.1 Å². The lowest BCUT2D eigenvalue weighted by Gasteiger charge is -2.20. The van der Waals surface area contributed by atoms with Gasteiger partial charge in [-0.15, -0.1) is 11.6 Å². The fourth-order valence-corrected chi connectivity index (χ4v) is 2.39. The first kappa shape index (κ1) is 13.9. The van der Waals surface area contributed by atoms with Crippen molar-refractivity contribution in [1.82, 2.24) is 4.98 Å². The number of hydrogen-bond donors (Lipinski definition) is 0. The molecule has 2 rings (SSSR count). The molecule has 0 N–H and O–H groups in total. The number of hydrogen-bond acceptors (Lipinski definition) is 2. The Morgan fingerprint density at radius 2 is 1.95 bits per heavy atom. The molecule has 0 bridgehead atoms. The molecule has 0 atom stereocenters. The van der Waals surface area contributed by atoms with Crippen molar-refractivity contribution >= 4 is 17.3 Å². The highest BCUT2D eigenvalue weighted by atomic mass is 35.5. The maximum Gasteiger partial charge on any atom is 0.0600 e. The van der Waals surface area contributed by atoms with E-state index in [1.807, 2.05) is 19.1 Å². The molecule has 1 aromatic carbocycles. The van der Waals surface area contributed by atoms with Crippen LogP contribution in [0.4, 0.5) is 5.69 Å². The number of pyridine rings is 1. The van der Waals surface area contributed by atoms with Crippen LogP contribution >= 0.6 is 11.6 Å². The summed E-state index contributed by atoms with van der Waals surface area (Å²) in [5, 5.41) is 0. The summed E-state index contributed by atoms with van der Waals surface area (Å²) >= 11 is 5.89. The predicted octanol–water partition coefficient (Wildman–Crippen LogP) is 4.07. The van der Waals surface area contributed by atoms with E-state index >= 15 is 0 Å². The Labute approximate surface area is 120 Å². The molecular formula is C16H19ClN2. The Balaban J connectivity index is 2.15. The van der Waals surface area contributed by atoms with Gasteiger partial charge in [0.25, 0.3) is 0 Å². The van der Waals surface area contributed by atoms with Gasteiger partial charge >= 0.3 is 0 Å². The molecule has 0 aliphatic heterocycles.